The third-order valence-electron chi connectivity index (χ3n) is 6.16. The van der Waals surface area contributed by atoms with Gasteiger partial charge in [-0.25, -0.2) is 0 Å². The molecule has 0 aromatic carbocycles. The minimum absolute atomic E-state index is 0.245. The summed E-state index contributed by atoms with van der Waals surface area (Å²) in [7, 11) is 0. The molecule has 0 aromatic rings. The van der Waals surface area contributed by atoms with Crippen molar-refractivity contribution in [3.05, 3.63) is 0 Å². The molecule has 0 bridgehead atoms. The van der Waals surface area contributed by atoms with Gasteiger partial charge >= 0.3 is 150 Å². The molecule has 0 aliphatic heterocycles. The van der Waals surface area contributed by atoms with Gasteiger partial charge in [-0.15, -0.1) is 0 Å². The average molecular weight is 346 g/mol. The van der Waals surface area contributed by atoms with Crippen LogP contribution in [-0.2, 0) is 22.3 Å². The third kappa shape index (κ3) is 7.11. The van der Waals surface area contributed by atoms with Crippen LogP contribution in [0.3, 0.4) is 0 Å². The first kappa shape index (κ1) is 22.8. The normalized spacial score (nSPS) is 13.5. The Balaban J connectivity index is 5.22. The Bertz CT molecular complexity index is 247. The summed E-state index contributed by atoms with van der Waals surface area (Å²) in [5.41, 5.74) is 0.736. The van der Waals surface area contributed by atoms with E-state index in [2.05, 4.69) is 72.2 Å². The molecule has 3 N–H and O–H groups in total. The topological polar surface area (TPSA) is 36.1 Å². The van der Waals surface area contributed by atoms with Crippen LogP contribution >= 0.6 is 0 Å². The van der Waals surface area contributed by atoms with Gasteiger partial charge < -0.3 is 0 Å². The molecule has 0 aliphatic carbocycles. The van der Waals surface area contributed by atoms with Crippen LogP contribution in [0.25, 0.3) is 0 Å². The molecule has 0 heterocycles. The van der Waals surface area contributed by atoms with Crippen molar-refractivity contribution in [1.82, 2.24) is 9.91 Å². The van der Waals surface area contributed by atoms with Gasteiger partial charge in [0.1, 0.15) is 0 Å². The van der Waals surface area contributed by atoms with Gasteiger partial charge in [-0.3, -0.25) is 0 Å². The molecule has 0 atom stereocenters. The van der Waals surface area contributed by atoms with Crippen molar-refractivity contribution < 1.29 is 22.3 Å². The summed E-state index contributed by atoms with van der Waals surface area (Å²) in [5.74, 6) is 0. The van der Waals surface area contributed by atoms with E-state index in [9.17, 15) is 0 Å². The Morgan fingerprint density at radius 3 is 0.818 bits per heavy atom. The maximum atomic E-state index is 4.04. The van der Waals surface area contributed by atoms with E-state index < -0.39 is 22.3 Å². The van der Waals surface area contributed by atoms with Gasteiger partial charge in [0.05, 0.1) is 0 Å². The molecule has 132 valence electrons. The summed E-state index contributed by atoms with van der Waals surface area (Å²) in [6.07, 6.45) is 7.07. The molecular formula is C18H42N3Sc. The van der Waals surface area contributed by atoms with Crippen LogP contribution in [0.2, 0.25) is 0 Å². The molecule has 0 unspecified atom stereocenters. The van der Waals surface area contributed by atoms with Crippen molar-refractivity contribution >= 4 is 0 Å². The van der Waals surface area contributed by atoms with Crippen molar-refractivity contribution in [2.24, 2.45) is 0 Å². The van der Waals surface area contributed by atoms with Crippen molar-refractivity contribution in [2.75, 3.05) is 0 Å². The van der Waals surface area contributed by atoms with Gasteiger partial charge in [-0.05, 0) is 0 Å². The molecule has 4 heteroatoms. The molecule has 0 saturated heterocycles. The fourth-order valence-electron chi connectivity index (χ4n) is 2.52. The minimum atomic E-state index is -2.03. The maximum absolute atomic E-state index is 4.04. The molecule has 3 nitrogen and oxygen atoms in total. The first-order valence-electron chi connectivity index (χ1n) is 9.48. The third-order valence-corrected chi connectivity index (χ3v) is 10.8. The van der Waals surface area contributed by atoms with Gasteiger partial charge in [-0.2, -0.15) is 0 Å². The Labute approximate surface area is 149 Å². The summed E-state index contributed by atoms with van der Waals surface area (Å²) in [6.45, 7) is 20.9. The van der Waals surface area contributed by atoms with E-state index in [1.807, 2.05) is 0 Å². The van der Waals surface area contributed by atoms with Crippen molar-refractivity contribution in [3.8, 4) is 0 Å². The van der Waals surface area contributed by atoms with Gasteiger partial charge in [0.2, 0.25) is 0 Å². The van der Waals surface area contributed by atoms with Crippen molar-refractivity contribution in [3.63, 3.8) is 0 Å². The van der Waals surface area contributed by atoms with Crippen LogP contribution < -0.4 is 9.91 Å². The van der Waals surface area contributed by atoms with E-state index in [0.29, 0.717) is 0 Å². The standard InChI is InChI=1S/3C6H14N.Sc/c3*1-4-6(3,7)5-2;/h3*7H,4-5H2,1-3H3;/q3*-1;+3. The summed E-state index contributed by atoms with van der Waals surface area (Å²) < 4.78 is 12.1. The van der Waals surface area contributed by atoms with Crippen molar-refractivity contribution in [2.45, 2.75) is 117 Å². The summed E-state index contributed by atoms with van der Waals surface area (Å²) in [4.78, 5) is 0. The predicted molar refractivity (Wildman–Crippen MR) is 96.4 cm³/mol. The Kier molecular flexibility index (Phi) is 10.2. The SMILES string of the molecule is CCC(C)(CC)[NH][Sc]([NH]C(C)(CC)CC)[NH]C(C)(CC)CC. The van der Waals surface area contributed by atoms with E-state index >= 15 is 0 Å². The number of hydrogen-bond acceptors (Lipinski definition) is 3. The molecule has 0 spiro atoms. The molecule has 0 radical (unpaired) electrons. The van der Waals surface area contributed by atoms with Crippen LogP contribution in [-0.4, -0.2) is 16.6 Å². The average Bonchev–Trinajstić information content (AvgIpc) is 2.54. The Morgan fingerprint density at radius 1 is 0.500 bits per heavy atom. The second kappa shape index (κ2) is 9.90. The van der Waals surface area contributed by atoms with Crippen LogP contribution in [0.1, 0.15) is 101 Å². The Hall–Kier alpha value is 0.750. The quantitative estimate of drug-likeness (QED) is 0.473. The van der Waals surface area contributed by atoms with Crippen LogP contribution in [0.15, 0.2) is 0 Å². The number of nitrogens with one attached hydrogen (secondary N) is 3. The number of hydrogen-bond donors (Lipinski definition) is 3. The summed E-state index contributed by atoms with van der Waals surface area (Å²) in [6, 6.07) is 0. The number of rotatable bonds is 12. The second-order valence-electron chi connectivity index (χ2n) is 7.67. The first-order chi connectivity index (χ1) is 10.1. The summed E-state index contributed by atoms with van der Waals surface area (Å²) >= 11 is -2.03. The predicted octanol–water partition coefficient (Wildman–Crippen LogP) is 4.85. The monoisotopic (exact) mass is 345 g/mol. The first-order valence-corrected chi connectivity index (χ1v) is 12.2. The molecule has 22 heavy (non-hydrogen) atoms. The Morgan fingerprint density at radius 2 is 0.682 bits per heavy atom. The molecular weight excluding hydrogens is 303 g/mol. The van der Waals surface area contributed by atoms with Crippen LogP contribution in [0.4, 0.5) is 0 Å². The van der Waals surface area contributed by atoms with Gasteiger partial charge in [0, 0.05) is 0 Å². The van der Waals surface area contributed by atoms with Crippen molar-refractivity contribution in [1.29, 1.82) is 0 Å². The molecule has 0 rings (SSSR count). The zero-order valence-electron chi connectivity index (χ0n) is 16.8. The van der Waals surface area contributed by atoms with E-state index in [0.717, 1.165) is 0 Å². The van der Waals surface area contributed by atoms with E-state index in [4.69, 9.17) is 0 Å². The van der Waals surface area contributed by atoms with E-state index in [1.54, 1.807) is 0 Å². The summed E-state index contributed by atoms with van der Waals surface area (Å²) in [5, 5.41) is 0. The zero-order chi connectivity index (χ0) is 17.4. The van der Waals surface area contributed by atoms with Gasteiger partial charge in [-0.1, -0.05) is 0 Å². The van der Waals surface area contributed by atoms with Gasteiger partial charge in [0.25, 0.3) is 0 Å². The molecule has 0 aliphatic rings. The fraction of sp³-hybridized carbons (Fsp3) is 1.00. The molecule has 0 fully saturated rings. The fourth-order valence-corrected chi connectivity index (χ4v) is 8.03. The van der Waals surface area contributed by atoms with Crippen LogP contribution in [0, 0.1) is 0 Å². The molecule has 0 aromatic heterocycles. The van der Waals surface area contributed by atoms with E-state index in [1.165, 1.54) is 38.5 Å². The second-order valence-corrected chi connectivity index (χ2v) is 10.4. The van der Waals surface area contributed by atoms with E-state index in [-0.39, 0.29) is 16.6 Å². The molecule has 0 saturated carbocycles. The van der Waals surface area contributed by atoms with Gasteiger partial charge in [0.15, 0.2) is 0 Å². The van der Waals surface area contributed by atoms with Crippen LogP contribution in [0.5, 0.6) is 0 Å². The zero-order valence-corrected chi connectivity index (χ0v) is 18.6. The molecule has 0 amide bonds.